The van der Waals surface area contributed by atoms with Crippen molar-refractivity contribution in [3.63, 3.8) is 0 Å². The van der Waals surface area contributed by atoms with Gasteiger partial charge in [-0.3, -0.25) is 9.78 Å². The molecule has 0 radical (unpaired) electrons. The number of anilines is 1. The summed E-state index contributed by atoms with van der Waals surface area (Å²) in [4.78, 5) is 16.7. The number of para-hydroxylation sites is 1. The minimum Gasteiger partial charge on any atom is -0.325 e. The number of nitrogens with zero attached hydrogens (tertiary/aromatic N) is 4. The van der Waals surface area contributed by atoms with E-state index in [2.05, 4.69) is 20.5 Å². The van der Waals surface area contributed by atoms with Crippen LogP contribution in [0.4, 0.5) is 5.69 Å². The van der Waals surface area contributed by atoms with Crippen LogP contribution in [0.25, 0.3) is 11.5 Å². The normalized spacial score (nSPS) is 10.7. The number of carbonyl (C=O) groups is 1. The Morgan fingerprint density at radius 1 is 1.12 bits per heavy atom. The first-order valence-electron chi connectivity index (χ1n) is 8.43. The predicted molar refractivity (Wildman–Crippen MR) is 104 cm³/mol. The minimum absolute atomic E-state index is 0.0579. The van der Waals surface area contributed by atoms with Crippen LogP contribution < -0.4 is 5.32 Å². The molecule has 0 aliphatic rings. The second-order valence-electron chi connectivity index (χ2n) is 5.87. The summed E-state index contributed by atoms with van der Waals surface area (Å²) in [5.41, 5.74) is 3.76. The summed E-state index contributed by atoms with van der Waals surface area (Å²) in [7, 11) is 0. The van der Waals surface area contributed by atoms with Crippen LogP contribution in [0, 0.1) is 13.8 Å². The molecule has 26 heavy (non-hydrogen) atoms. The molecule has 7 heteroatoms. The van der Waals surface area contributed by atoms with Gasteiger partial charge in [-0.05, 0) is 44.0 Å². The van der Waals surface area contributed by atoms with E-state index in [9.17, 15) is 4.79 Å². The maximum absolute atomic E-state index is 12.4. The molecule has 0 aliphatic heterocycles. The van der Waals surface area contributed by atoms with Gasteiger partial charge in [0.05, 0.1) is 5.75 Å². The molecule has 6 nitrogen and oxygen atoms in total. The number of rotatable bonds is 6. The summed E-state index contributed by atoms with van der Waals surface area (Å²) in [5, 5.41) is 12.2. The number of nitrogens with one attached hydrogen (secondary N) is 1. The molecule has 3 rings (SSSR count). The fourth-order valence-corrected chi connectivity index (χ4v) is 3.48. The van der Waals surface area contributed by atoms with Gasteiger partial charge in [0.25, 0.3) is 0 Å². The highest BCUT2D eigenvalue weighted by molar-refractivity contribution is 7.99. The van der Waals surface area contributed by atoms with Crippen LogP contribution in [0.5, 0.6) is 0 Å². The van der Waals surface area contributed by atoms with E-state index in [4.69, 9.17) is 0 Å². The van der Waals surface area contributed by atoms with Crippen molar-refractivity contribution >= 4 is 23.4 Å². The Morgan fingerprint density at radius 2 is 1.88 bits per heavy atom. The molecule has 1 N–H and O–H groups in total. The lowest BCUT2D eigenvalue weighted by Gasteiger charge is -2.11. The van der Waals surface area contributed by atoms with E-state index in [0.717, 1.165) is 22.5 Å². The number of hydrogen-bond acceptors (Lipinski definition) is 5. The maximum Gasteiger partial charge on any atom is 0.234 e. The summed E-state index contributed by atoms with van der Waals surface area (Å²) in [6, 6.07) is 11.6. The van der Waals surface area contributed by atoms with E-state index in [1.165, 1.54) is 11.8 Å². The van der Waals surface area contributed by atoms with Crippen LogP contribution in [0.15, 0.2) is 47.8 Å². The molecule has 3 aromatic rings. The minimum atomic E-state index is -0.0579. The second-order valence-corrected chi connectivity index (χ2v) is 6.81. The monoisotopic (exact) mass is 367 g/mol. The third-order valence-electron chi connectivity index (χ3n) is 4.00. The molecule has 2 aromatic heterocycles. The molecule has 0 saturated heterocycles. The van der Waals surface area contributed by atoms with E-state index in [0.29, 0.717) is 17.5 Å². The number of aryl methyl sites for hydroxylation is 2. The second kappa shape index (κ2) is 8.14. The first-order valence-corrected chi connectivity index (χ1v) is 9.42. The summed E-state index contributed by atoms with van der Waals surface area (Å²) in [5.74, 6) is 0.928. The van der Waals surface area contributed by atoms with Gasteiger partial charge in [-0.15, -0.1) is 10.2 Å². The molecule has 0 aliphatic carbocycles. The third kappa shape index (κ3) is 3.94. The molecule has 0 bridgehead atoms. The predicted octanol–water partition coefficient (Wildman–Crippen LogP) is 3.71. The highest BCUT2D eigenvalue weighted by Crippen LogP contribution is 2.24. The van der Waals surface area contributed by atoms with Gasteiger partial charge in [0.15, 0.2) is 11.0 Å². The molecule has 0 spiro atoms. The number of carbonyl (C=O) groups excluding carboxylic acids is 1. The van der Waals surface area contributed by atoms with Gasteiger partial charge >= 0.3 is 0 Å². The number of amides is 1. The Kier molecular flexibility index (Phi) is 5.68. The van der Waals surface area contributed by atoms with Crippen molar-refractivity contribution in [2.45, 2.75) is 32.5 Å². The van der Waals surface area contributed by atoms with Crippen LogP contribution in [0.1, 0.15) is 18.1 Å². The Bertz CT molecular complexity index is 887. The zero-order valence-electron chi connectivity index (χ0n) is 15.1. The van der Waals surface area contributed by atoms with Gasteiger partial charge in [0.2, 0.25) is 5.91 Å². The number of aromatic nitrogens is 4. The van der Waals surface area contributed by atoms with Crippen molar-refractivity contribution in [3.8, 4) is 11.5 Å². The van der Waals surface area contributed by atoms with Gasteiger partial charge in [-0.2, -0.15) is 0 Å². The number of hydrogen-bond donors (Lipinski definition) is 1. The van der Waals surface area contributed by atoms with Crippen molar-refractivity contribution in [2.24, 2.45) is 0 Å². The molecule has 0 saturated carbocycles. The number of pyridine rings is 1. The zero-order valence-corrected chi connectivity index (χ0v) is 15.9. The number of benzene rings is 1. The molecule has 1 amide bonds. The van der Waals surface area contributed by atoms with Gasteiger partial charge in [0, 0.05) is 18.4 Å². The van der Waals surface area contributed by atoms with Crippen molar-refractivity contribution in [1.82, 2.24) is 19.7 Å². The Morgan fingerprint density at radius 3 is 2.54 bits per heavy atom. The quantitative estimate of drug-likeness (QED) is 0.673. The first kappa shape index (κ1) is 18.1. The van der Waals surface area contributed by atoms with Crippen molar-refractivity contribution < 1.29 is 4.79 Å². The standard InChI is InChI=1S/C19H21N5OS/c1-4-24-18(15-10-5-6-11-20-15)22-23-19(24)26-12-16(25)21-17-13(2)8-7-9-14(17)3/h5-11H,4,12H2,1-3H3,(H,21,25). The summed E-state index contributed by atoms with van der Waals surface area (Å²) >= 11 is 1.38. The average Bonchev–Trinajstić information content (AvgIpc) is 3.07. The molecular weight excluding hydrogens is 346 g/mol. The fourth-order valence-electron chi connectivity index (χ4n) is 2.68. The zero-order chi connectivity index (χ0) is 18.5. The van der Waals surface area contributed by atoms with Crippen molar-refractivity contribution in [3.05, 3.63) is 53.7 Å². The molecular formula is C19H21N5OS. The van der Waals surface area contributed by atoms with Gasteiger partial charge in [-0.25, -0.2) is 0 Å². The molecule has 0 unspecified atom stereocenters. The van der Waals surface area contributed by atoms with E-state index in [1.807, 2.05) is 61.7 Å². The van der Waals surface area contributed by atoms with Crippen molar-refractivity contribution in [2.75, 3.05) is 11.1 Å². The van der Waals surface area contributed by atoms with Gasteiger partial charge in [-0.1, -0.05) is 36.0 Å². The highest BCUT2D eigenvalue weighted by Gasteiger charge is 2.15. The molecule has 134 valence electrons. The maximum atomic E-state index is 12.4. The number of thioether (sulfide) groups is 1. The van der Waals surface area contributed by atoms with E-state index in [-0.39, 0.29) is 11.7 Å². The molecule has 1 aromatic carbocycles. The Hall–Kier alpha value is -2.67. The largest absolute Gasteiger partial charge is 0.325 e. The van der Waals surface area contributed by atoms with Crippen LogP contribution >= 0.6 is 11.8 Å². The highest BCUT2D eigenvalue weighted by atomic mass is 32.2. The lowest BCUT2D eigenvalue weighted by molar-refractivity contribution is -0.113. The van der Waals surface area contributed by atoms with Crippen LogP contribution in [0.2, 0.25) is 0 Å². The Labute approximate surface area is 157 Å². The van der Waals surface area contributed by atoms with Crippen LogP contribution in [-0.2, 0) is 11.3 Å². The summed E-state index contributed by atoms with van der Waals surface area (Å²) < 4.78 is 1.97. The lowest BCUT2D eigenvalue weighted by atomic mass is 10.1. The summed E-state index contributed by atoms with van der Waals surface area (Å²) in [6.07, 6.45) is 1.73. The molecule has 0 fully saturated rings. The fraction of sp³-hybridized carbons (Fsp3) is 0.263. The van der Waals surface area contributed by atoms with Crippen LogP contribution in [-0.4, -0.2) is 31.4 Å². The molecule has 0 atom stereocenters. The molecule has 2 heterocycles. The summed E-state index contributed by atoms with van der Waals surface area (Å²) in [6.45, 7) is 6.71. The average molecular weight is 367 g/mol. The first-order chi connectivity index (χ1) is 12.6. The van der Waals surface area contributed by atoms with E-state index in [1.54, 1.807) is 6.20 Å². The van der Waals surface area contributed by atoms with Gasteiger partial charge in [0.1, 0.15) is 5.69 Å². The SMILES string of the molecule is CCn1c(SCC(=O)Nc2c(C)cccc2C)nnc1-c1ccccn1. The smallest absolute Gasteiger partial charge is 0.234 e. The van der Waals surface area contributed by atoms with E-state index >= 15 is 0 Å². The van der Waals surface area contributed by atoms with E-state index < -0.39 is 0 Å². The lowest BCUT2D eigenvalue weighted by Crippen LogP contribution is -2.16. The third-order valence-corrected chi connectivity index (χ3v) is 4.97. The topological polar surface area (TPSA) is 72.7 Å². The Balaban J connectivity index is 1.70. The van der Waals surface area contributed by atoms with Crippen molar-refractivity contribution in [1.29, 1.82) is 0 Å². The van der Waals surface area contributed by atoms with Crippen LogP contribution in [0.3, 0.4) is 0 Å². The van der Waals surface area contributed by atoms with Gasteiger partial charge < -0.3 is 9.88 Å².